The number of hydrogen-bond donors (Lipinski definition) is 0. The number of alkyl halides is 1. The number of halogens is 1. The minimum absolute atomic E-state index is 0.264. The first-order valence-electron chi connectivity index (χ1n) is 7.42. The second kappa shape index (κ2) is 7.84. The normalized spacial score (nSPS) is 11.8. The van der Waals surface area contributed by atoms with E-state index >= 15 is 0 Å². The molecule has 0 bridgehead atoms. The summed E-state index contributed by atoms with van der Waals surface area (Å²) >= 11 is 5.99. The Morgan fingerprint density at radius 1 is 1.05 bits per heavy atom. The summed E-state index contributed by atoms with van der Waals surface area (Å²) in [5.74, 6) is 0.638. The third-order valence-corrected chi connectivity index (χ3v) is 3.61. The molecule has 0 saturated heterocycles. The maximum absolute atomic E-state index is 5.99. The molecule has 0 aliphatic carbocycles. The second-order valence-corrected chi connectivity index (χ2v) is 4.91. The van der Waals surface area contributed by atoms with Gasteiger partial charge in [-0.3, -0.25) is 4.98 Å². The standard InChI is InChI=1S/C16H15ClN2.C2H6/c17-10-8-15(13-5-2-1-3-6-13)19-12-9-14-16(19)7-4-11-18-14;1-2/h1-7,9,11-12,15H,8,10H2;1-2H3. The third-order valence-electron chi connectivity index (χ3n) is 3.39. The van der Waals surface area contributed by atoms with Crippen molar-refractivity contribution in [2.24, 2.45) is 0 Å². The van der Waals surface area contributed by atoms with E-state index in [2.05, 4.69) is 52.1 Å². The van der Waals surface area contributed by atoms with Gasteiger partial charge < -0.3 is 4.57 Å². The molecule has 0 radical (unpaired) electrons. The van der Waals surface area contributed by atoms with Crippen molar-refractivity contribution in [1.29, 1.82) is 0 Å². The molecule has 2 nitrogen and oxygen atoms in total. The second-order valence-electron chi connectivity index (χ2n) is 4.53. The van der Waals surface area contributed by atoms with Gasteiger partial charge in [0.1, 0.15) is 0 Å². The molecule has 21 heavy (non-hydrogen) atoms. The van der Waals surface area contributed by atoms with E-state index < -0.39 is 0 Å². The Bertz CT molecular complexity index is 661. The highest BCUT2D eigenvalue weighted by atomic mass is 35.5. The molecule has 0 aliphatic heterocycles. The lowest BCUT2D eigenvalue weighted by atomic mass is 10.0. The van der Waals surface area contributed by atoms with Gasteiger partial charge in [-0.15, -0.1) is 11.6 Å². The van der Waals surface area contributed by atoms with Crippen molar-refractivity contribution in [2.45, 2.75) is 26.3 Å². The van der Waals surface area contributed by atoms with Crippen LogP contribution in [0.5, 0.6) is 0 Å². The first kappa shape index (κ1) is 15.6. The van der Waals surface area contributed by atoms with Gasteiger partial charge in [0.05, 0.1) is 17.1 Å². The van der Waals surface area contributed by atoms with Gasteiger partial charge >= 0.3 is 0 Å². The van der Waals surface area contributed by atoms with Crippen molar-refractivity contribution < 1.29 is 0 Å². The Labute approximate surface area is 131 Å². The Kier molecular flexibility index (Phi) is 5.82. The molecule has 3 rings (SSSR count). The van der Waals surface area contributed by atoms with Gasteiger partial charge in [0, 0.05) is 18.3 Å². The number of benzene rings is 1. The highest BCUT2D eigenvalue weighted by Gasteiger charge is 2.14. The number of nitrogens with zero attached hydrogens (tertiary/aromatic N) is 2. The van der Waals surface area contributed by atoms with Crippen LogP contribution in [0.4, 0.5) is 0 Å². The van der Waals surface area contributed by atoms with E-state index in [1.807, 2.05) is 32.2 Å². The molecule has 2 aromatic heterocycles. The molecular formula is C18H21ClN2. The Hall–Kier alpha value is -1.80. The predicted molar refractivity (Wildman–Crippen MR) is 91.0 cm³/mol. The van der Waals surface area contributed by atoms with Crippen LogP contribution in [0.15, 0.2) is 60.9 Å². The molecule has 3 heteroatoms. The van der Waals surface area contributed by atoms with Crippen LogP contribution in [0, 0.1) is 0 Å². The summed E-state index contributed by atoms with van der Waals surface area (Å²) in [5.41, 5.74) is 3.46. The maximum Gasteiger partial charge on any atom is 0.0881 e. The van der Waals surface area contributed by atoms with Crippen LogP contribution in [0.25, 0.3) is 11.0 Å². The predicted octanol–water partition coefficient (Wildman–Crippen LogP) is 5.28. The van der Waals surface area contributed by atoms with E-state index in [9.17, 15) is 0 Å². The van der Waals surface area contributed by atoms with E-state index in [0.29, 0.717) is 5.88 Å². The first-order valence-corrected chi connectivity index (χ1v) is 7.96. The van der Waals surface area contributed by atoms with Crippen molar-refractivity contribution in [1.82, 2.24) is 9.55 Å². The first-order chi connectivity index (χ1) is 10.4. The van der Waals surface area contributed by atoms with Crippen molar-refractivity contribution in [3.8, 4) is 0 Å². The van der Waals surface area contributed by atoms with Gasteiger partial charge in [-0.05, 0) is 30.2 Å². The Morgan fingerprint density at radius 3 is 2.52 bits per heavy atom. The smallest absolute Gasteiger partial charge is 0.0881 e. The van der Waals surface area contributed by atoms with Crippen LogP contribution in [-0.4, -0.2) is 15.4 Å². The zero-order valence-electron chi connectivity index (χ0n) is 12.5. The van der Waals surface area contributed by atoms with E-state index in [1.165, 1.54) is 5.56 Å². The van der Waals surface area contributed by atoms with Crippen molar-refractivity contribution in [2.75, 3.05) is 5.88 Å². The van der Waals surface area contributed by atoms with Gasteiger partial charge in [0.15, 0.2) is 0 Å². The number of aromatic nitrogens is 2. The van der Waals surface area contributed by atoms with E-state index in [1.54, 1.807) is 0 Å². The quantitative estimate of drug-likeness (QED) is 0.599. The maximum atomic E-state index is 5.99. The lowest BCUT2D eigenvalue weighted by Gasteiger charge is -2.19. The molecule has 0 spiro atoms. The fraction of sp³-hybridized carbons (Fsp3) is 0.278. The Balaban J connectivity index is 0.000000774. The summed E-state index contributed by atoms with van der Waals surface area (Å²) in [5, 5.41) is 0. The summed E-state index contributed by atoms with van der Waals surface area (Å²) in [6.07, 6.45) is 4.83. The molecule has 0 aliphatic rings. The van der Waals surface area contributed by atoms with Crippen molar-refractivity contribution in [3.05, 3.63) is 66.5 Å². The zero-order valence-corrected chi connectivity index (χ0v) is 13.3. The molecular weight excluding hydrogens is 280 g/mol. The fourth-order valence-electron chi connectivity index (χ4n) is 2.50. The summed E-state index contributed by atoms with van der Waals surface area (Å²) in [6.45, 7) is 4.00. The molecule has 1 atom stereocenters. The zero-order chi connectivity index (χ0) is 15.1. The third kappa shape index (κ3) is 3.45. The summed E-state index contributed by atoms with van der Waals surface area (Å²) in [7, 11) is 0. The molecule has 0 fully saturated rings. The fourth-order valence-corrected chi connectivity index (χ4v) is 2.71. The average molecular weight is 301 g/mol. The number of pyridine rings is 1. The molecule has 110 valence electrons. The van der Waals surface area contributed by atoms with Gasteiger partial charge in [0.2, 0.25) is 0 Å². The summed E-state index contributed by atoms with van der Waals surface area (Å²) in [4.78, 5) is 4.38. The average Bonchev–Trinajstić information content (AvgIpc) is 2.99. The number of fused-ring (bicyclic) bond motifs is 1. The van der Waals surface area contributed by atoms with Crippen LogP contribution in [0.1, 0.15) is 31.9 Å². The summed E-state index contributed by atoms with van der Waals surface area (Å²) in [6, 6.07) is 16.9. The molecule has 3 aromatic rings. The van der Waals surface area contributed by atoms with Crippen LogP contribution >= 0.6 is 11.6 Å². The number of rotatable bonds is 4. The molecule has 0 amide bonds. The van der Waals surface area contributed by atoms with E-state index in [4.69, 9.17) is 11.6 Å². The van der Waals surface area contributed by atoms with Gasteiger partial charge in [-0.1, -0.05) is 44.2 Å². The lowest BCUT2D eigenvalue weighted by Crippen LogP contribution is -2.10. The molecule has 1 unspecified atom stereocenters. The molecule has 0 saturated carbocycles. The molecule has 0 N–H and O–H groups in total. The highest BCUT2D eigenvalue weighted by Crippen LogP contribution is 2.27. The van der Waals surface area contributed by atoms with Gasteiger partial charge in [0.25, 0.3) is 0 Å². The monoisotopic (exact) mass is 300 g/mol. The van der Waals surface area contributed by atoms with Crippen LogP contribution in [-0.2, 0) is 0 Å². The SMILES string of the molecule is CC.ClCCC(c1ccccc1)n1ccc2ncccc21. The molecule has 1 aromatic carbocycles. The highest BCUT2D eigenvalue weighted by molar-refractivity contribution is 6.17. The van der Waals surface area contributed by atoms with Gasteiger partial charge in [-0.25, -0.2) is 0 Å². The van der Waals surface area contributed by atoms with Gasteiger partial charge in [-0.2, -0.15) is 0 Å². The van der Waals surface area contributed by atoms with Crippen LogP contribution in [0.3, 0.4) is 0 Å². The van der Waals surface area contributed by atoms with Crippen molar-refractivity contribution in [3.63, 3.8) is 0 Å². The Morgan fingerprint density at radius 2 is 1.81 bits per heavy atom. The largest absolute Gasteiger partial charge is 0.339 e. The minimum Gasteiger partial charge on any atom is -0.339 e. The van der Waals surface area contributed by atoms with Crippen LogP contribution < -0.4 is 0 Å². The number of hydrogen-bond acceptors (Lipinski definition) is 1. The molecule has 2 heterocycles. The van der Waals surface area contributed by atoms with E-state index in [0.717, 1.165) is 17.5 Å². The van der Waals surface area contributed by atoms with Crippen LogP contribution in [0.2, 0.25) is 0 Å². The summed E-state index contributed by atoms with van der Waals surface area (Å²) < 4.78 is 2.26. The minimum atomic E-state index is 0.264. The van der Waals surface area contributed by atoms with Crippen molar-refractivity contribution >= 4 is 22.6 Å². The topological polar surface area (TPSA) is 17.8 Å². The lowest BCUT2D eigenvalue weighted by molar-refractivity contribution is 0.588. The van der Waals surface area contributed by atoms with E-state index in [-0.39, 0.29) is 6.04 Å².